The fourth-order valence-electron chi connectivity index (χ4n) is 4.72. The normalized spacial score (nSPS) is 28.3. The summed E-state index contributed by atoms with van der Waals surface area (Å²) in [5.74, 6) is -12.6. The number of ether oxygens (including phenoxy) is 2. The maximum Gasteiger partial charge on any atom is 0.513 e. The van der Waals surface area contributed by atoms with Crippen LogP contribution in [0.3, 0.4) is 0 Å². The number of hydrogen-bond acceptors (Lipinski definition) is 3. The van der Waals surface area contributed by atoms with Crippen molar-refractivity contribution in [2.75, 3.05) is 0 Å². The lowest BCUT2D eigenvalue weighted by Crippen LogP contribution is -2.62. The number of alkyl halides is 9. The van der Waals surface area contributed by atoms with Gasteiger partial charge in [0.05, 0.1) is 0 Å². The molecule has 0 spiro atoms. The standard InChI is InChI=1S/C20H27F9O3/c1-2-3-12-4-6-13(7-5-12)14-8-10-15(11-9-14)31-16(30)32-20(28,29)18(23,24)17(21,22)19(25,26)27/h12-15H,2-11H2,1H3. The second-order valence-electron chi connectivity index (χ2n) is 8.74. The summed E-state index contributed by atoms with van der Waals surface area (Å²) in [5, 5.41) is 0. The van der Waals surface area contributed by atoms with Crippen LogP contribution in [0.2, 0.25) is 0 Å². The molecule has 2 aliphatic rings. The first-order chi connectivity index (χ1) is 14.6. The summed E-state index contributed by atoms with van der Waals surface area (Å²) >= 11 is 0. The Balaban J connectivity index is 1.84. The monoisotopic (exact) mass is 486 g/mol. The van der Waals surface area contributed by atoms with Crippen molar-refractivity contribution in [2.24, 2.45) is 17.8 Å². The lowest BCUT2D eigenvalue weighted by atomic mass is 9.70. The van der Waals surface area contributed by atoms with Crippen LogP contribution in [0.4, 0.5) is 44.3 Å². The molecular formula is C20H27F9O3. The summed E-state index contributed by atoms with van der Waals surface area (Å²) in [7, 11) is 0. The van der Waals surface area contributed by atoms with E-state index in [1.165, 1.54) is 6.42 Å². The summed E-state index contributed by atoms with van der Waals surface area (Å²) in [6.45, 7) is 2.14. The maximum atomic E-state index is 13.4. The molecule has 0 unspecified atom stereocenters. The predicted octanol–water partition coefficient (Wildman–Crippen LogP) is 7.73. The van der Waals surface area contributed by atoms with Crippen molar-refractivity contribution >= 4 is 6.16 Å². The maximum absolute atomic E-state index is 13.4. The number of rotatable bonds is 7. The number of carbonyl (C=O) groups is 1. The third-order valence-electron chi connectivity index (χ3n) is 6.56. The molecule has 0 aromatic carbocycles. The zero-order valence-corrected chi connectivity index (χ0v) is 17.5. The van der Waals surface area contributed by atoms with Gasteiger partial charge in [0, 0.05) is 0 Å². The molecule has 0 aliphatic heterocycles. The van der Waals surface area contributed by atoms with E-state index in [1.807, 2.05) is 0 Å². The van der Waals surface area contributed by atoms with Gasteiger partial charge in [-0.25, -0.2) is 4.79 Å². The molecule has 0 bridgehead atoms. The van der Waals surface area contributed by atoms with E-state index in [4.69, 9.17) is 0 Å². The van der Waals surface area contributed by atoms with E-state index >= 15 is 0 Å². The Morgan fingerprint density at radius 2 is 1.22 bits per heavy atom. The molecule has 2 fully saturated rings. The SMILES string of the molecule is CCCC1CCC(C2CCC(OC(=O)OC(F)(F)C(F)(F)C(F)(F)C(F)(F)F)CC2)CC1. The van der Waals surface area contributed by atoms with E-state index in [-0.39, 0.29) is 12.8 Å². The Morgan fingerprint density at radius 1 is 0.750 bits per heavy atom. The Morgan fingerprint density at radius 3 is 1.66 bits per heavy atom. The summed E-state index contributed by atoms with van der Waals surface area (Å²) < 4.78 is 122. The first-order valence-corrected chi connectivity index (χ1v) is 10.7. The molecule has 0 heterocycles. The molecule has 3 nitrogen and oxygen atoms in total. The van der Waals surface area contributed by atoms with Gasteiger partial charge in [-0.15, -0.1) is 0 Å². The highest BCUT2D eigenvalue weighted by atomic mass is 19.4. The molecule has 188 valence electrons. The van der Waals surface area contributed by atoms with Gasteiger partial charge in [0.1, 0.15) is 6.10 Å². The van der Waals surface area contributed by atoms with Gasteiger partial charge in [0.15, 0.2) is 0 Å². The molecule has 0 aromatic heterocycles. The van der Waals surface area contributed by atoms with Crippen LogP contribution >= 0.6 is 0 Å². The summed E-state index contributed by atoms with van der Waals surface area (Å²) in [4.78, 5) is 11.4. The van der Waals surface area contributed by atoms with Gasteiger partial charge in [-0.1, -0.05) is 32.6 Å². The third-order valence-corrected chi connectivity index (χ3v) is 6.56. The van der Waals surface area contributed by atoms with Crippen molar-refractivity contribution in [1.82, 2.24) is 0 Å². The zero-order valence-electron chi connectivity index (χ0n) is 17.5. The van der Waals surface area contributed by atoms with Crippen molar-refractivity contribution in [3.8, 4) is 0 Å². The van der Waals surface area contributed by atoms with E-state index in [2.05, 4.69) is 16.4 Å². The molecule has 0 saturated heterocycles. The lowest BCUT2D eigenvalue weighted by Gasteiger charge is -2.37. The Kier molecular flexibility index (Phi) is 8.29. The van der Waals surface area contributed by atoms with Crippen LogP contribution in [0.15, 0.2) is 0 Å². The number of hydrogen-bond donors (Lipinski definition) is 0. The molecule has 2 saturated carbocycles. The molecule has 32 heavy (non-hydrogen) atoms. The highest BCUT2D eigenvalue weighted by Gasteiger charge is 2.84. The van der Waals surface area contributed by atoms with Gasteiger partial charge in [0.2, 0.25) is 0 Å². The smallest absolute Gasteiger partial charge is 0.431 e. The topological polar surface area (TPSA) is 35.5 Å². The van der Waals surface area contributed by atoms with E-state index in [0.717, 1.165) is 38.0 Å². The minimum Gasteiger partial charge on any atom is -0.431 e. The van der Waals surface area contributed by atoms with E-state index in [0.29, 0.717) is 24.7 Å². The van der Waals surface area contributed by atoms with Crippen LogP contribution in [0, 0.1) is 17.8 Å². The Labute approximate surface area is 180 Å². The molecule has 2 rings (SSSR count). The van der Waals surface area contributed by atoms with Gasteiger partial charge in [-0.2, -0.15) is 39.5 Å². The highest BCUT2D eigenvalue weighted by molar-refractivity contribution is 5.60. The Bertz CT molecular complexity index is 620. The van der Waals surface area contributed by atoms with Gasteiger partial charge < -0.3 is 9.47 Å². The van der Waals surface area contributed by atoms with Crippen LogP contribution in [0.1, 0.15) is 71.1 Å². The average molecular weight is 486 g/mol. The van der Waals surface area contributed by atoms with Gasteiger partial charge in [-0.05, 0) is 56.3 Å². The molecule has 0 amide bonds. The van der Waals surface area contributed by atoms with Crippen LogP contribution in [-0.4, -0.2) is 36.4 Å². The molecular weight excluding hydrogens is 459 g/mol. The lowest BCUT2D eigenvalue weighted by molar-refractivity contribution is -0.435. The summed E-state index contributed by atoms with van der Waals surface area (Å²) in [5.41, 5.74) is 0. The van der Waals surface area contributed by atoms with Gasteiger partial charge in [-0.3, -0.25) is 0 Å². The first kappa shape index (κ1) is 26.9. The van der Waals surface area contributed by atoms with Crippen LogP contribution in [0.25, 0.3) is 0 Å². The number of carbonyl (C=O) groups excluding carboxylic acids is 1. The molecule has 0 N–H and O–H groups in total. The number of halogens is 9. The predicted molar refractivity (Wildman–Crippen MR) is 94.6 cm³/mol. The average Bonchev–Trinajstić information content (AvgIpc) is 2.68. The highest BCUT2D eigenvalue weighted by Crippen LogP contribution is 2.53. The van der Waals surface area contributed by atoms with Crippen molar-refractivity contribution < 1.29 is 53.8 Å². The summed E-state index contributed by atoms with van der Waals surface area (Å²) in [6, 6.07) is 0. The largest absolute Gasteiger partial charge is 0.513 e. The van der Waals surface area contributed by atoms with Crippen molar-refractivity contribution in [3.63, 3.8) is 0 Å². The van der Waals surface area contributed by atoms with E-state index < -0.39 is 36.4 Å². The van der Waals surface area contributed by atoms with E-state index in [1.54, 1.807) is 0 Å². The fraction of sp³-hybridized carbons (Fsp3) is 0.950. The molecule has 0 aromatic rings. The third kappa shape index (κ3) is 5.76. The minimum absolute atomic E-state index is 0.231. The van der Waals surface area contributed by atoms with Crippen LogP contribution in [0.5, 0.6) is 0 Å². The zero-order chi connectivity index (χ0) is 24.4. The minimum atomic E-state index is -7.13. The van der Waals surface area contributed by atoms with Gasteiger partial charge in [0.25, 0.3) is 0 Å². The van der Waals surface area contributed by atoms with Crippen LogP contribution in [-0.2, 0) is 9.47 Å². The van der Waals surface area contributed by atoms with E-state index in [9.17, 15) is 44.3 Å². The molecule has 0 radical (unpaired) electrons. The molecule has 0 atom stereocenters. The molecule has 2 aliphatic carbocycles. The van der Waals surface area contributed by atoms with Gasteiger partial charge >= 0.3 is 30.3 Å². The second-order valence-corrected chi connectivity index (χ2v) is 8.74. The van der Waals surface area contributed by atoms with Crippen molar-refractivity contribution in [1.29, 1.82) is 0 Å². The summed E-state index contributed by atoms with van der Waals surface area (Å²) in [6.07, 6.45) is -8.43. The van der Waals surface area contributed by atoms with Crippen LogP contribution < -0.4 is 0 Å². The quantitative estimate of drug-likeness (QED) is 0.273. The Hall–Kier alpha value is -1.36. The molecule has 12 heteroatoms. The second kappa shape index (κ2) is 9.87. The fourth-order valence-corrected chi connectivity index (χ4v) is 4.72. The first-order valence-electron chi connectivity index (χ1n) is 10.7. The van der Waals surface area contributed by atoms with Crippen molar-refractivity contribution in [2.45, 2.75) is 101 Å². The van der Waals surface area contributed by atoms with Crippen molar-refractivity contribution in [3.05, 3.63) is 0 Å².